The number of hydrogen-bond donors (Lipinski definition) is 2. The molecule has 6 nitrogen and oxygen atoms in total. The monoisotopic (exact) mass is 281 g/mol. The largest absolute Gasteiger partial charge is 0.481 e. The Hall–Kier alpha value is -1.85. The number of carboxylic acids is 1. The fourth-order valence-electron chi connectivity index (χ4n) is 1.95. The summed E-state index contributed by atoms with van der Waals surface area (Å²) >= 11 is 0. The number of nitrogens with zero attached hydrogens (tertiary/aromatic N) is 2. The molecule has 0 radical (unpaired) electrons. The van der Waals surface area contributed by atoms with E-state index in [2.05, 4.69) is 10.4 Å². The van der Waals surface area contributed by atoms with Gasteiger partial charge in [0.15, 0.2) is 0 Å². The predicted molar refractivity (Wildman–Crippen MR) is 75.5 cm³/mol. The number of rotatable bonds is 7. The molecule has 0 spiro atoms. The van der Waals surface area contributed by atoms with E-state index in [0.29, 0.717) is 12.0 Å². The number of amides is 1. The molecule has 0 aliphatic heterocycles. The van der Waals surface area contributed by atoms with Crippen molar-refractivity contribution in [1.82, 2.24) is 15.1 Å². The molecule has 6 heteroatoms. The summed E-state index contributed by atoms with van der Waals surface area (Å²) in [5.41, 5.74) is 1.41. The van der Waals surface area contributed by atoms with Gasteiger partial charge in [-0.2, -0.15) is 5.10 Å². The van der Waals surface area contributed by atoms with Crippen LogP contribution in [-0.4, -0.2) is 32.8 Å². The first kappa shape index (κ1) is 16.2. The highest BCUT2D eigenvalue weighted by molar-refractivity contribution is 5.95. The fourth-order valence-corrected chi connectivity index (χ4v) is 1.95. The molecule has 0 saturated heterocycles. The second-order valence-corrected chi connectivity index (χ2v) is 5.31. The van der Waals surface area contributed by atoms with E-state index in [0.717, 1.165) is 18.5 Å². The van der Waals surface area contributed by atoms with E-state index in [1.54, 1.807) is 24.9 Å². The average Bonchev–Trinajstić information content (AvgIpc) is 2.69. The van der Waals surface area contributed by atoms with E-state index in [1.807, 2.05) is 13.8 Å². The number of aryl methyl sites for hydroxylation is 1. The van der Waals surface area contributed by atoms with Crippen molar-refractivity contribution in [3.05, 3.63) is 17.5 Å². The van der Waals surface area contributed by atoms with E-state index in [1.165, 1.54) is 0 Å². The zero-order valence-electron chi connectivity index (χ0n) is 12.5. The van der Waals surface area contributed by atoms with Crippen molar-refractivity contribution >= 4 is 11.9 Å². The summed E-state index contributed by atoms with van der Waals surface area (Å²) in [7, 11) is 1.79. The maximum atomic E-state index is 12.0. The first-order chi connectivity index (χ1) is 9.32. The Bertz CT molecular complexity index is 482. The zero-order valence-corrected chi connectivity index (χ0v) is 12.5. The van der Waals surface area contributed by atoms with Gasteiger partial charge < -0.3 is 10.4 Å². The minimum atomic E-state index is -0.771. The van der Waals surface area contributed by atoms with Gasteiger partial charge in [-0.1, -0.05) is 13.3 Å². The van der Waals surface area contributed by atoms with Crippen LogP contribution in [0.5, 0.6) is 0 Å². The lowest BCUT2D eigenvalue weighted by molar-refractivity contribution is -0.141. The maximum Gasteiger partial charge on any atom is 0.306 e. The van der Waals surface area contributed by atoms with Crippen molar-refractivity contribution in [2.75, 3.05) is 0 Å². The average molecular weight is 281 g/mol. The molecule has 1 heterocycles. The lowest BCUT2D eigenvalue weighted by atomic mass is 10.0. The Balaban J connectivity index is 2.39. The summed E-state index contributed by atoms with van der Waals surface area (Å²) in [5, 5.41) is 15.7. The Morgan fingerprint density at radius 2 is 2.05 bits per heavy atom. The molecule has 1 aromatic heterocycles. The number of aromatic nitrogens is 2. The van der Waals surface area contributed by atoms with E-state index < -0.39 is 5.97 Å². The molecule has 0 aromatic carbocycles. The van der Waals surface area contributed by atoms with Gasteiger partial charge in [0.1, 0.15) is 0 Å². The van der Waals surface area contributed by atoms with Gasteiger partial charge in [-0.3, -0.25) is 14.3 Å². The van der Waals surface area contributed by atoms with Crippen molar-refractivity contribution < 1.29 is 14.7 Å². The summed E-state index contributed by atoms with van der Waals surface area (Å²) < 4.78 is 1.66. The molecule has 1 amide bonds. The number of aliphatic carboxylic acids is 1. The first-order valence-corrected chi connectivity index (χ1v) is 6.85. The summed E-state index contributed by atoms with van der Waals surface area (Å²) in [6.45, 7) is 5.47. The molecular formula is C14H23N3O3. The second-order valence-electron chi connectivity index (χ2n) is 5.31. The Morgan fingerprint density at radius 3 is 2.55 bits per heavy atom. The number of carbonyl (C=O) groups excluding carboxylic acids is 1. The Labute approximate surface area is 119 Å². The van der Waals surface area contributed by atoms with Gasteiger partial charge in [-0.25, -0.2) is 0 Å². The van der Waals surface area contributed by atoms with Crippen LogP contribution in [0.1, 0.15) is 49.2 Å². The quantitative estimate of drug-likeness (QED) is 0.797. The summed E-state index contributed by atoms with van der Waals surface area (Å²) in [6.07, 6.45) is 3.73. The molecule has 2 unspecified atom stereocenters. The molecule has 0 aliphatic rings. The Morgan fingerprint density at radius 1 is 1.40 bits per heavy atom. The maximum absolute atomic E-state index is 12.0. The third kappa shape index (κ3) is 4.36. The normalized spacial score (nSPS) is 13.8. The minimum Gasteiger partial charge on any atom is -0.481 e. The van der Waals surface area contributed by atoms with Crippen LogP contribution in [0, 0.1) is 12.8 Å². The first-order valence-electron chi connectivity index (χ1n) is 6.85. The molecule has 0 saturated carbocycles. The lowest BCUT2D eigenvalue weighted by Crippen LogP contribution is -2.32. The van der Waals surface area contributed by atoms with E-state index >= 15 is 0 Å². The van der Waals surface area contributed by atoms with Crippen LogP contribution in [0.3, 0.4) is 0 Å². The Kier molecular flexibility index (Phi) is 5.73. The van der Waals surface area contributed by atoms with Crippen molar-refractivity contribution in [2.45, 2.75) is 46.1 Å². The summed E-state index contributed by atoms with van der Waals surface area (Å²) in [5.74, 6) is -1.24. The highest BCUT2D eigenvalue weighted by Gasteiger charge is 2.16. The van der Waals surface area contributed by atoms with Crippen LogP contribution < -0.4 is 5.32 Å². The van der Waals surface area contributed by atoms with Crippen LogP contribution in [0.4, 0.5) is 0 Å². The van der Waals surface area contributed by atoms with Gasteiger partial charge in [0.05, 0.1) is 17.7 Å². The van der Waals surface area contributed by atoms with E-state index in [-0.39, 0.29) is 17.9 Å². The smallest absolute Gasteiger partial charge is 0.306 e. The molecule has 0 fully saturated rings. The van der Waals surface area contributed by atoms with Crippen molar-refractivity contribution in [3.8, 4) is 0 Å². The van der Waals surface area contributed by atoms with Crippen LogP contribution in [0.15, 0.2) is 6.20 Å². The lowest BCUT2D eigenvalue weighted by Gasteiger charge is -2.14. The number of hydrogen-bond acceptors (Lipinski definition) is 3. The highest BCUT2D eigenvalue weighted by Crippen LogP contribution is 2.11. The van der Waals surface area contributed by atoms with E-state index in [4.69, 9.17) is 5.11 Å². The molecule has 2 atom stereocenters. The van der Waals surface area contributed by atoms with Crippen molar-refractivity contribution in [1.29, 1.82) is 0 Å². The molecule has 112 valence electrons. The zero-order chi connectivity index (χ0) is 15.3. The van der Waals surface area contributed by atoms with Gasteiger partial charge in [0, 0.05) is 18.8 Å². The summed E-state index contributed by atoms with van der Waals surface area (Å²) in [6, 6.07) is 0.0168. The van der Waals surface area contributed by atoms with Crippen LogP contribution in [0.2, 0.25) is 0 Å². The highest BCUT2D eigenvalue weighted by atomic mass is 16.4. The molecule has 1 aromatic rings. The molecule has 20 heavy (non-hydrogen) atoms. The van der Waals surface area contributed by atoms with Crippen molar-refractivity contribution in [2.24, 2.45) is 13.0 Å². The molecule has 0 bridgehead atoms. The van der Waals surface area contributed by atoms with Gasteiger partial charge in [-0.05, 0) is 26.7 Å². The van der Waals surface area contributed by atoms with Crippen LogP contribution in [-0.2, 0) is 11.8 Å². The third-order valence-corrected chi connectivity index (χ3v) is 3.55. The molecule has 1 rings (SSSR count). The number of carboxylic acid groups (broad SMARTS) is 1. The van der Waals surface area contributed by atoms with Gasteiger partial charge >= 0.3 is 5.97 Å². The number of carbonyl (C=O) groups is 2. The molecular weight excluding hydrogens is 258 g/mol. The minimum absolute atomic E-state index is 0.0168. The van der Waals surface area contributed by atoms with Gasteiger partial charge in [0.2, 0.25) is 0 Å². The topological polar surface area (TPSA) is 84.2 Å². The summed E-state index contributed by atoms with van der Waals surface area (Å²) in [4.78, 5) is 22.7. The number of nitrogens with one attached hydrogen (secondary N) is 1. The van der Waals surface area contributed by atoms with Gasteiger partial charge in [-0.15, -0.1) is 0 Å². The fraction of sp³-hybridized carbons (Fsp3) is 0.643. The van der Waals surface area contributed by atoms with Crippen LogP contribution in [0.25, 0.3) is 0 Å². The SMILES string of the molecule is Cc1c(C(=O)NC(C)CCCC(C)C(=O)O)cnn1C. The van der Waals surface area contributed by atoms with Crippen molar-refractivity contribution in [3.63, 3.8) is 0 Å². The predicted octanol–water partition coefficient (Wildman–Crippen LogP) is 1.74. The van der Waals surface area contributed by atoms with Crippen LogP contribution >= 0.6 is 0 Å². The second kappa shape index (κ2) is 7.07. The molecule has 2 N–H and O–H groups in total. The van der Waals surface area contributed by atoms with E-state index in [9.17, 15) is 9.59 Å². The molecule has 0 aliphatic carbocycles. The van der Waals surface area contributed by atoms with Gasteiger partial charge in [0.25, 0.3) is 5.91 Å². The third-order valence-electron chi connectivity index (χ3n) is 3.55. The standard InChI is InChI=1S/C14H23N3O3/c1-9(14(19)20)6-5-7-10(2)16-13(18)12-8-15-17(4)11(12)3/h8-10H,5-7H2,1-4H3,(H,16,18)(H,19,20).